The number of nitrogens with zero attached hydrogens (tertiary/aromatic N) is 4. The van der Waals surface area contributed by atoms with E-state index in [0.717, 1.165) is 22.9 Å². The van der Waals surface area contributed by atoms with Crippen LogP contribution in [0.25, 0.3) is 11.4 Å². The van der Waals surface area contributed by atoms with Crippen LogP contribution in [0.3, 0.4) is 0 Å². The van der Waals surface area contributed by atoms with E-state index in [1.165, 1.54) is 19.1 Å². The molecule has 0 atom stereocenters. The quantitative estimate of drug-likeness (QED) is 0.620. The standard InChI is InChI=1S/C20H19ClF3N5O/c1-4-29-18(27-17(28-29)14-5-6-15(21)16(22)9-14)20(23,24)19(30)25-10-13-7-11(2)26-12(3)8-13/h5-9H,4,10H2,1-3H3,(H,25,30)/i2D3,3D3. The zero-order chi connectivity index (χ0) is 27.1. The first-order chi connectivity index (χ1) is 16.5. The van der Waals surface area contributed by atoms with Crippen LogP contribution in [-0.2, 0) is 23.8 Å². The van der Waals surface area contributed by atoms with Crippen molar-refractivity contribution >= 4 is 17.5 Å². The second-order valence-electron chi connectivity index (χ2n) is 6.21. The summed E-state index contributed by atoms with van der Waals surface area (Å²) < 4.78 is 89.6. The van der Waals surface area contributed by atoms with Crippen LogP contribution in [0.1, 0.15) is 37.9 Å². The Kier molecular flexibility index (Phi) is 4.20. The van der Waals surface area contributed by atoms with Crippen molar-refractivity contribution in [3.63, 3.8) is 0 Å². The van der Waals surface area contributed by atoms with Gasteiger partial charge >= 0.3 is 5.92 Å². The van der Waals surface area contributed by atoms with Crippen molar-refractivity contribution in [2.24, 2.45) is 0 Å². The Balaban J connectivity index is 1.89. The molecule has 0 aliphatic heterocycles. The lowest BCUT2D eigenvalue weighted by Gasteiger charge is -2.16. The van der Waals surface area contributed by atoms with Crippen molar-refractivity contribution in [2.45, 2.75) is 39.6 Å². The third-order valence-corrected chi connectivity index (χ3v) is 4.36. The summed E-state index contributed by atoms with van der Waals surface area (Å²) in [6.07, 6.45) is 0. The van der Waals surface area contributed by atoms with Crippen molar-refractivity contribution in [3.8, 4) is 11.4 Å². The van der Waals surface area contributed by atoms with Crippen LogP contribution >= 0.6 is 11.6 Å². The number of benzene rings is 1. The predicted octanol–water partition coefficient (Wildman–Crippen LogP) is 4.18. The summed E-state index contributed by atoms with van der Waals surface area (Å²) in [5, 5.41) is 5.70. The summed E-state index contributed by atoms with van der Waals surface area (Å²) in [6.45, 7) is -4.74. The highest BCUT2D eigenvalue weighted by Gasteiger charge is 2.46. The second-order valence-corrected chi connectivity index (χ2v) is 6.61. The van der Waals surface area contributed by atoms with Crippen molar-refractivity contribution in [1.29, 1.82) is 0 Å². The second kappa shape index (κ2) is 8.43. The van der Waals surface area contributed by atoms with Gasteiger partial charge in [-0.25, -0.2) is 14.1 Å². The van der Waals surface area contributed by atoms with E-state index < -0.39 is 55.1 Å². The lowest BCUT2D eigenvalue weighted by Crippen LogP contribution is -2.39. The van der Waals surface area contributed by atoms with E-state index in [-0.39, 0.29) is 28.5 Å². The number of halogens is 4. The highest BCUT2D eigenvalue weighted by molar-refractivity contribution is 6.30. The molecule has 0 aliphatic carbocycles. The zero-order valence-electron chi connectivity index (χ0n) is 21.5. The number of hydrogen-bond acceptors (Lipinski definition) is 4. The lowest BCUT2D eigenvalue weighted by molar-refractivity contribution is -0.148. The Morgan fingerprint density at radius 2 is 1.93 bits per heavy atom. The number of aromatic nitrogens is 4. The molecular weight excluding hydrogens is 419 g/mol. The van der Waals surface area contributed by atoms with Gasteiger partial charge in [-0.2, -0.15) is 13.9 Å². The fourth-order valence-electron chi connectivity index (χ4n) is 2.64. The maximum atomic E-state index is 15.1. The maximum absolute atomic E-state index is 15.1. The van der Waals surface area contributed by atoms with Gasteiger partial charge in [0.25, 0.3) is 5.91 Å². The van der Waals surface area contributed by atoms with Crippen molar-refractivity contribution in [3.05, 3.63) is 63.9 Å². The normalized spacial score (nSPS) is 15.4. The number of alkyl halides is 2. The number of pyridine rings is 1. The molecule has 2 aromatic heterocycles. The molecule has 0 aliphatic rings. The highest BCUT2D eigenvalue weighted by Crippen LogP contribution is 2.30. The first kappa shape index (κ1) is 15.0. The van der Waals surface area contributed by atoms with Crippen LogP contribution in [0.4, 0.5) is 13.2 Å². The molecule has 6 nitrogen and oxygen atoms in total. The first-order valence-electron chi connectivity index (χ1n) is 11.6. The van der Waals surface area contributed by atoms with Crippen LogP contribution in [0.15, 0.2) is 30.3 Å². The first-order valence-corrected chi connectivity index (χ1v) is 9.00. The molecule has 10 heteroatoms. The monoisotopic (exact) mass is 443 g/mol. The van der Waals surface area contributed by atoms with Gasteiger partial charge in [-0.3, -0.25) is 9.78 Å². The number of carbonyl (C=O) groups excluding carboxylic acids is 1. The van der Waals surface area contributed by atoms with Gasteiger partial charge in [0, 0.05) is 38.3 Å². The summed E-state index contributed by atoms with van der Waals surface area (Å²) >= 11 is 5.64. The Hall–Kier alpha value is -2.94. The van der Waals surface area contributed by atoms with Gasteiger partial charge in [0.1, 0.15) is 5.82 Å². The van der Waals surface area contributed by atoms with E-state index in [2.05, 4.69) is 15.1 Å². The largest absolute Gasteiger partial charge is 0.382 e. The Bertz CT molecular complexity index is 1260. The van der Waals surface area contributed by atoms with Crippen LogP contribution < -0.4 is 5.32 Å². The van der Waals surface area contributed by atoms with E-state index in [9.17, 15) is 9.18 Å². The zero-order valence-corrected chi connectivity index (χ0v) is 16.3. The maximum Gasteiger partial charge on any atom is 0.382 e. The molecule has 1 amide bonds. The van der Waals surface area contributed by atoms with E-state index >= 15 is 8.78 Å². The van der Waals surface area contributed by atoms with Gasteiger partial charge in [0.05, 0.1) is 5.02 Å². The van der Waals surface area contributed by atoms with Crippen LogP contribution in [0.2, 0.25) is 5.02 Å². The molecule has 3 rings (SSSR count). The minimum absolute atomic E-state index is 0.0549. The summed E-state index contributed by atoms with van der Waals surface area (Å²) in [5.74, 6) is -8.05. The van der Waals surface area contributed by atoms with E-state index in [1.54, 1.807) is 0 Å². The van der Waals surface area contributed by atoms with E-state index in [1.807, 2.05) is 5.32 Å². The molecule has 158 valence electrons. The van der Waals surface area contributed by atoms with Crippen molar-refractivity contribution in [1.82, 2.24) is 25.1 Å². The molecular formula is C20H19ClF3N5O. The average molecular weight is 444 g/mol. The van der Waals surface area contributed by atoms with Gasteiger partial charge in [0.15, 0.2) is 5.82 Å². The topological polar surface area (TPSA) is 72.7 Å². The molecule has 0 spiro atoms. The Morgan fingerprint density at radius 3 is 2.53 bits per heavy atom. The molecule has 3 aromatic rings. The molecule has 1 aromatic carbocycles. The molecule has 2 heterocycles. The number of amides is 1. The van der Waals surface area contributed by atoms with Crippen LogP contribution in [0, 0.1) is 19.5 Å². The number of rotatable bonds is 6. The van der Waals surface area contributed by atoms with E-state index in [4.69, 9.17) is 19.8 Å². The Labute approximate surface area is 184 Å². The van der Waals surface area contributed by atoms with Crippen molar-refractivity contribution in [2.75, 3.05) is 0 Å². The molecule has 30 heavy (non-hydrogen) atoms. The molecule has 0 unspecified atom stereocenters. The lowest BCUT2D eigenvalue weighted by atomic mass is 10.2. The average Bonchev–Trinajstić information content (AvgIpc) is 3.23. The molecule has 0 fully saturated rings. The summed E-state index contributed by atoms with van der Waals surface area (Å²) in [5.41, 5.74) is -1.11. The number of aryl methyl sites for hydroxylation is 3. The minimum atomic E-state index is -4.20. The molecule has 0 bridgehead atoms. The Morgan fingerprint density at radius 1 is 1.23 bits per heavy atom. The van der Waals surface area contributed by atoms with Crippen LogP contribution in [-0.4, -0.2) is 25.7 Å². The highest BCUT2D eigenvalue weighted by atomic mass is 35.5. The summed E-state index contributed by atoms with van der Waals surface area (Å²) in [7, 11) is 0. The summed E-state index contributed by atoms with van der Waals surface area (Å²) in [6, 6.07) is 5.51. The predicted molar refractivity (Wildman–Crippen MR) is 106 cm³/mol. The smallest absolute Gasteiger partial charge is 0.346 e. The minimum Gasteiger partial charge on any atom is -0.346 e. The summed E-state index contributed by atoms with van der Waals surface area (Å²) in [4.78, 5) is 19.8. The molecule has 1 N–H and O–H groups in total. The molecule has 0 saturated carbocycles. The fourth-order valence-corrected chi connectivity index (χ4v) is 2.75. The van der Waals surface area contributed by atoms with Gasteiger partial charge < -0.3 is 5.32 Å². The third kappa shape index (κ3) is 4.46. The number of carbonyl (C=O) groups is 1. The molecule has 0 saturated heterocycles. The van der Waals surface area contributed by atoms with Gasteiger partial charge in [-0.1, -0.05) is 11.6 Å². The van der Waals surface area contributed by atoms with Crippen molar-refractivity contribution < 1.29 is 26.2 Å². The van der Waals surface area contributed by atoms with E-state index in [0.29, 0.717) is 0 Å². The number of hydrogen-bond donors (Lipinski definition) is 1. The molecule has 0 radical (unpaired) electrons. The van der Waals surface area contributed by atoms with Gasteiger partial charge in [-0.15, -0.1) is 0 Å². The van der Waals surface area contributed by atoms with Crippen LogP contribution in [0.5, 0.6) is 0 Å². The van der Waals surface area contributed by atoms with Gasteiger partial charge in [0.2, 0.25) is 5.82 Å². The third-order valence-electron chi connectivity index (χ3n) is 4.05. The SMILES string of the molecule is [2H]C([2H])([2H])c1cc(CNC(=O)C(F)(F)c2nc(-c3ccc(Cl)c(F)c3)nn2CC)cc(C([2H])([2H])[2H])n1. The van der Waals surface area contributed by atoms with Gasteiger partial charge in [-0.05, 0) is 56.5 Å². The number of nitrogens with one attached hydrogen (secondary N) is 1. The fraction of sp³-hybridized carbons (Fsp3) is 0.300.